The second kappa shape index (κ2) is 9.36. The van der Waals surface area contributed by atoms with E-state index in [1.54, 1.807) is 15.2 Å². The van der Waals surface area contributed by atoms with Crippen molar-refractivity contribution in [1.29, 1.82) is 0 Å². The van der Waals surface area contributed by atoms with Crippen LogP contribution in [0.3, 0.4) is 0 Å². The maximum atomic E-state index is 13.1. The van der Waals surface area contributed by atoms with E-state index in [2.05, 4.69) is 15.7 Å². The predicted molar refractivity (Wildman–Crippen MR) is 106 cm³/mol. The largest absolute Gasteiger partial charge is 0.351 e. The summed E-state index contributed by atoms with van der Waals surface area (Å²) in [4.78, 5) is 13.1. The van der Waals surface area contributed by atoms with Crippen molar-refractivity contribution in [3.63, 3.8) is 0 Å². The number of piperidine rings is 2. The summed E-state index contributed by atoms with van der Waals surface area (Å²) in [6, 6.07) is 1.85. The third-order valence-corrected chi connectivity index (χ3v) is 7.52. The number of hydrogen-bond donors (Lipinski definition) is 2. The number of nitrogens with one attached hydrogen (secondary N) is 2. The average Bonchev–Trinajstić information content (AvgIpc) is 3.18. The molecule has 0 atom stereocenters. The number of halogens is 1. The lowest BCUT2D eigenvalue weighted by Gasteiger charge is -2.39. The van der Waals surface area contributed by atoms with E-state index >= 15 is 0 Å². The van der Waals surface area contributed by atoms with Gasteiger partial charge in [-0.2, -0.15) is 5.10 Å². The minimum Gasteiger partial charge on any atom is -0.351 e. The molecule has 1 aromatic rings. The molecule has 0 spiro atoms. The lowest BCUT2D eigenvalue weighted by molar-refractivity contribution is -0.133. The molecule has 2 saturated heterocycles. The fourth-order valence-electron chi connectivity index (χ4n) is 3.91. The van der Waals surface area contributed by atoms with Gasteiger partial charge in [-0.3, -0.25) is 9.48 Å². The molecule has 0 aliphatic carbocycles. The Balaban J connectivity index is 0.00000261. The van der Waals surface area contributed by atoms with Gasteiger partial charge in [0.05, 0.1) is 5.75 Å². The van der Waals surface area contributed by atoms with Crippen molar-refractivity contribution in [1.82, 2.24) is 24.7 Å². The van der Waals surface area contributed by atoms with Crippen molar-refractivity contribution in [2.24, 2.45) is 0 Å². The van der Waals surface area contributed by atoms with Crippen LogP contribution in [-0.2, 0) is 20.4 Å². The van der Waals surface area contributed by atoms with Gasteiger partial charge in [0.25, 0.3) is 0 Å². The van der Waals surface area contributed by atoms with Crippen LogP contribution in [0, 0.1) is 0 Å². The summed E-state index contributed by atoms with van der Waals surface area (Å²) < 4.78 is 27.7. The van der Waals surface area contributed by atoms with E-state index in [1.165, 1.54) is 0 Å². The van der Waals surface area contributed by atoms with E-state index in [1.807, 2.05) is 19.2 Å². The maximum absolute atomic E-state index is 13.1. The molecular formula is C17H30ClN5O3S. The van der Waals surface area contributed by atoms with Gasteiger partial charge in [0.1, 0.15) is 5.54 Å². The van der Waals surface area contributed by atoms with Gasteiger partial charge in [-0.1, -0.05) is 6.92 Å². The van der Waals surface area contributed by atoms with Crippen LogP contribution in [0.15, 0.2) is 18.5 Å². The Kier molecular flexibility index (Phi) is 7.67. The minimum atomic E-state index is -3.16. The minimum absolute atomic E-state index is 0. The van der Waals surface area contributed by atoms with E-state index in [-0.39, 0.29) is 30.1 Å². The van der Waals surface area contributed by atoms with Crippen molar-refractivity contribution in [3.05, 3.63) is 18.5 Å². The molecule has 0 aromatic carbocycles. The van der Waals surface area contributed by atoms with E-state index < -0.39 is 15.6 Å². The molecule has 10 heteroatoms. The molecule has 3 rings (SSSR count). The van der Waals surface area contributed by atoms with E-state index in [9.17, 15) is 13.2 Å². The van der Waals surface area contributed by atoms with Crippen molar-refractivity contribution in [3.8, 4) is 0 Å². The molecule has 1 aromatic heterocycles. The molecule has 2 N–H and O–H groups in total. The Morgan fingerprint density at radius 3 is 2.52 bits per heavy atom. The monoisotopic (exact) mass is 419 g/mol. The summed E-state index contributed by atoms with van der Waals surface area (Å²) in [6.45, 7) is 4.38. The first kappa shape index (κ1) is 22.1. The number of hydrogen-bond acceptors (Lipinski definition) is 5. The third kappa shape index (κ3) is 4.82. The highest BCUT2D eigenvalue weighted by Crippen LogP contribution is 2.28. The highest BCUT2D eigenvalue weighted by atomic mass is 35.5. The van der Waals surface area contributed by atoms with Gasteiger partial charge in [-0.05, 0) is 51.3 Å². The van der Waals surface area contributed by atoms with Gasteiger partial charge in [-0.25, -0.2) is 12.7 Å². The summed E-state index contributed by atoms with van der Waals surface area (Å²) in [5.74, 6) is 0.192. The smallest absolute Gasteiger partial charge is 0.248 e. The first-order valence-corrected chi connectivity index (χ1v) is 11.1. The van der Waals surface area contributed by atoms with Crippen LogP contribution in [0.25, 0.3) is 0 Å². The van der Waals surface area contributed by atoms with Crippen LogP contribution < -0.4 is 10.6 Å². The van der Waals surface area contributed by atoms with Crippen molar-refractivity contribution < 1.29 is 13.2 Å². The normalized spacial score (nSPS) is 21.4. The Morgan fingerprint density at radius 1 is 1.30 bits per heavy atom. The number of nitrogens with zero attached hydrogens (tertiary/aromatic N) is 3. The van der Waals surface area contributed by atoms with Gasteiger partial charge in [0, 0.05) is 31.5 Å². The highest BCUT2D eigenvalue weighted by molar-refractivity contribution is 7.89. The van der Waals surface area contributed by atoms with Crippen LogP contribution in [0.2, 0.25) is 0 Å². The van der Waals surface area contributed by atoms with E-state index in [0.717, 1.165) is 13.1 Å². The molecule has 2 fully saturated rings. The van der Waals surface area contributed by atoms with E-state index in [4.69, 9.17) is 0 Å². The lowest BCUT2D eigenvalue weighted by Crippen LogP contribution is -2.57. The summed E-state index contributed by atoms with van der Waals surface area (Å²) in [6.07, 6.45) is 6.89. The Labute approximate surface area is 167 Å². The average molecular weight is 420 g/mol. The molecule has 27 heavy (non-hydrogen) atoms. The number of aromatic nitrogens is 2. The second-order valence-electron chi connectivity index (χ2n) is 7.20. The van der Waals surface area contributed by atoms with Gasteiger partial charge in [0.2, 0.25) is 15.9 Å². The lowest BCUT2D eigenvalue weighted by atomic mass is 9.86. The SMILES string of the molecule is CCCS(=O)(=O)N1CCC(NC(=O)C2(n3cccn3)CCNCC2)CC1.Cl. The molecule has 0 radical (unpaired) electrons. The van der Waals surface area contributed by atoms with Crippen LogP contribution in [0.4, 0.5) is 0 Å². The standard InChI is InChI=1S/C17H29N5O3S.ClH/c1-2-14-26(24,25)21-12-4-15(5-13-21)20-16(23)17(6-9-18-10-7-17)22-11-3-8-19-22;/h3,8,11,15,18H,2,4-7,9-10,12-14H2,1H3,(H,20,23);1H. The zero-order chi connectivity index (χ0) is 18.6. The third-order valence-electron chi connectivity index (χ3n) is 5.44. The van der Waals surface area contributed by atoms with Crippen molar-refractivity contribution >= 4 is 28.3 Å². The Morgan fingerprint density at radius 2 is 1.96 bits per heavy atom. The number of sulfonamides is 1. The maximum Gasteiger partial charge on any atom is 0.248 e. The van der Waals surface area contributed by atoms with Crippen molar-refractivity contribution in [2.45, 2.75) is 50.6 Å². The predicted octanol–water partition coefficient (Wildman–Crippen LogP) is 0.704. The topological polar surface area (TPSA) is 96.3 Å². The summed E-state index contributed by atoms with van der Waals surface area (Å²) >= 11 is 0. The molecule has 1 amide bonds. The zero-order valence-electron chi connectivity index (χ0n) is 15.8. The van der Waals surface area contributed by atoms with Crippen LogP contribution in [0.5, 0.6) is 0 Å². The molecule has 0 saturated carbocycles. The Bertz CT molecular complexity index is 696. The number of amides is 1. The summed E-state index contributed by atoms with van der Waals surface area (Å²) in [5.41, 5.74) is -0.653. The fourth-order valence-corrected chi connectivity index (χ4v) is 5.45. The highest BCUT2D eigenvalue weighted by Gasteiger charge is 2.43. The quantitative estimate of drug-likeness (QED) is 0.707. The number of carbonyl (C=O) groups is 1. The molecule has 3 heterocycles. The first-order chi connectivity index (χ1) is 12.5. The van der Waals surface area contributed by atoms with E-state index in [0.29, 0.717) is 45.2 Å². The molecule has 2 aliphatic rings. The van der Waals surface area contributed by atoms with Crippen LogP contribution >= 0.6 is 12.4 Å². The molecule has 0 bridgehead atoms. The van der Waals surface area contributed by atoms with Gasteiger partial charge < -0.3 is 10.6 Å². The zero-order valence-corrected chi connectivity index (χ0v) is 17.4. The van der Waals surface area contributed by atoms with Gasteiger partial charge >= 0.3 is 0 Å². The fraction of sp³-hybridized carbons (Fsp3) is 0.765. The van der Waals surface area contributed by atoms with Gasteiger partial charge in [-0.15, -0.1) is 12.4 Å². The molecule has 0 unspecified atom stereocenters. The van der Waals surface area contributed by atoms with Crippen molar-refractivity contribution in [2.75, 3.05) is 31.9 Å². The molecule has 8 nitrogen and oxygen atoms in total. The number of carbonyl (C=O) groups excluding carboxylic acids is 1. The summed E-state index contributed by atoms with van der Waals surface area (Å²) in [5, 5.41) is 10.8. The molecule has 2 aliphatic heterocycles. The molecule has 154 valence electrons. The Hall–Kier alpha value is -1.16. The van der Waals surface area contributed by atoms with Crippen LogP contribution in [0.1, 0.15) is 39.0 Å². The number of rotatable bonds is 6. The first-order valence-electron chi connectivity index (χ1n) is 9.47. The van der Waals surface area contributed by atoms with Gasteiger partial charge in [0.15, 0.2) is 0 Å². The van der Waals surface area contributed by atoms with Crippen LogP contribution in [-0.4, -0.2) is 66.4 Å². The summed E-state index contributed by atoms with van der Waals surface area (Å²) in [7, 11) is -3.16. The second-order valence-corrected chi connectivity index (χ2v) is 9.28. The molecular weight excluding hydrogens is 390 g/mol.